The normalized spacial score (nSPS) is 13.8. The standard InChI is InChI=1S/C16H15FN6O/c17-14-8-18-4-2-13(14)16(24)22-7-6-21-9-12(20-15(21)11-22)10-23-5-1-3-19-23/h1-5,8-9H,6-7,10-11H2. The second-order valence-corrected chi connectivity index (χ2v) is 5.63. The number of aromatic nitrogens is 5. The van der Waals surface area contributed by atoms with Crippen LogP contribution in [0.1, 0.15) is 21.9 Å². The minimum absolute atomic E-state index is 0.0433. The third-order valence-electron chi connectivity index (χ3n) is 4.03. The molecule has 1 aliphatic heterocycles. The molecule has 0 spiro atoms. The zero-order valence-electron chi connectivity index (χ0n) is 12.8. The van der Waals surface area contributed by atoms with Gasteiger partial charge in [0, 0.05) is 37.9 Å². The highest BCUT2D eigenvalue weighted by atomic mass is 19.1. The van der Waals surface area contributed by atoms with Crippen molar-refractivity contribution in [3.05, 3.63) is 66.0 Å². The van der Waals surface area contributed by atoms with E-state index in [1.165, 1.54) is 12.3 Å². The van der Waals surface area contributed by atoms with Gasteiger partial charge in [-0.2, -0.15) is 5.10 Å². The van der Waals surface area contributed by atoms with Gasteiger partial charge in [0.05, 0.1) is 30.5 Å². The quantitative estimate of drug-likeness (QED) is 0.728. The number of carbonyl (C=O) groups excluding carboxylic acids is 1. The number of carbonyl (C=O) groups is 1. The van der Waals surface area contributed by atoms with Crippen LogP contribution in [0.5, 0.6) is 0 Å². The second kappa shape index (κ2) is 5.88. The molecular weight excluding hydrogens is 311 g/mol. The lowest BCUT2D eigenvalue weighted by Gasteiger charge is -2.27. The summed E-state index contributed by atoms with van der Waals surface area (Å²) in [6.07, 6.45) is 8.05. The average Bonchev–Trinajstić information content (AvgIpc) is 3.23. The Kier molecular flexibility index (Phi) is 3.56. The molecule has 0 saturated carbocycles. The van der Waals surface area contributed by atoms with Crippen LogP contribution in [0.3, 0.4) is 0 Å². The highest BCUT2D eigenvalue weighted by Gasteiger charge is 2.25. The number of fused-ring (bicyclic) bond motifs is 1. The molecule has 0 fully saturated rings. The van der Waals surface area contributed by atoms with Gasteiger partial charge in [0.2, 0.25) is 0 Å². The van der Waals surface area contributed by atoms with Crippen molar-refractivity contribution in [3.63, 3.8) is 0 Å². The van der Waals surface area contributed by atoms with Crippen molar-refractivity contribution in [1.29, 1.82) is 0 Å². The lowest BCUT2D eigenvalue weighted by atomic mass is 10.2. The fourth-order valence-corrected chi connectivity index (χ4v) is 2.84. The monoisotopic (exact) mass is 326 g/mol. The summed E-state index contributed by atoms with van der Waals surface area (Å²) in [5.41, 5.74) is 0.930. The van der Waals surface area contributed by atoms with Crippen molar-refractivity contribution in [3.8, 4) is 0 Å². The summed E-state index contributed by atoms with van der Waals surface area (Å²) < 4.78 is 17.6. The average molecular weight is 326 g/mol. The number of rotatable bonds is 3. The van der Waals surface area contributed by atoms with Gasteiger partial charge in [0.15, 0.2) is 5.82 Å². The molecule has 122 valence electrons. The number of pyridine rings is 1. The smallest absolute Gasteiger partial charge is 0.257 e. The van der Waals surface area contributed by atoms with E-state index in [4.69, 9.17) is 0 Å². The molecule has 0 unspecified atom stereocenters. The molecule has 0 saturated heterocycles. The summed E-state index contributed by atoms with van der Waals surface area (Å²) in [6, 6.07) is 3.27. The predicted octanol–water partition coefficient (Wildman–Crippen LogP) is 1.32. The van der Waals surface area contributed by atoms with Gasteiger partial charge in [-0.3, -0.25) is 14.5 Å². The Morgan fingerprint density at radius 1 is 1.29 bits per heavy atom. The number of nitrogens with zero attached hydrogens (tertiary/aromatic N) is 6. The first-order chi connectivity index (χ1) is 11.7. The van der Waals surface area contributed by atoms with Gasteiger partial charge in [-0.15, -0.1) is 0 Å². The molecule has 0 aromatic carbocycles. The van der Waals surface area contributed by atoms with Crippen LogP contribution in [-0.4, -0.2) is 41.7 Å². The van der Waals surface area contributed by atoms with E-state index in [2.05, 4.69) is 15.1 Å². The molecule has 4 rings (SSSR count). The van der Waals surface area contributed by atoms with Crippen LogP contribution in [0.2, 0.25) is 0 Å². The van der Waals surface area contributed by atoms with Crippen molar-refractivity contribution in [2.45, 2.75) is 19.6 Å². The maximum Gasteiger partial charge on any atom is 0.257 e. The highest BCUT2D eigenvalue weighted by molar-refractivity contribution is 5.94. The molecule has 0 atom stereocenters. The van der Waals surface area contributed by atoms with Crippen LogP contribution >= 0.6 is 0 Å². The summed E-state index contributed by atoms with van der Waals surface area (Å²) in [5.74, 6) is -0.139. The Hall–Kier alpha value is -3.03. The Morgan fingerprint density at radius 2 is 2.21 bits per heavy atom. The van der Waals surface area contributed by atoms with Crippen molar-refractivity contribution >= 4 is 5.91 Å². The molecule has 1 amide bonds. The van der Waals surface area contributed by atoms with E-state index in [1.54, 1.807) is 15.8 Å². The fraction of sp³-hybridized carbons (Fsp3) is 0.250. The summed E-state index contributed by atoms with van der Waals surface area (Å²) in [4.78, 5) is 22.4. The Morgan fingerprint density at radius 3 is 3.00 bits per heavy atom. The van der Waals surface area contributed by atoms with Crippen LogP contribution in [0.25, 0.3) is 0 Å². The van der Waals surface area contributed by atoms with Gasteiger partial charge >= 0.3 is 0 Å². The molecule has 8 heteroatoms. The summed E-state index contributed by atoms with van der Waals surface area (Å²) in [6.45, 7) is 2.10. The van der Waals surface area contributed by atoms with Gasteiger partial charge < -0.3 is 9.47 Å². The summed E-state index contributed by atoms with van der Waals surface area (Å²) in [5, 5.41) is 4.17. The molecule has 3 aromatic heterocycles. The molecule has 0 bridgehead atoms. The maximum absolute atomic E-state index is 13.8. The number of amides is 1. The van der Waals surface area contributed by atoms with Crippen LogP contribution in [0, 0.1) is 5.82 Å². The van der Waals surface area contributed by atoms with Gasteiger partial charge in [-0.1, -0.05) is 0 Å². The Labute approximate surface area is 137 Å². The first-order valence-corrected chi connectivity index (χ1v) is 7.62. The molecule has 0 N–H and O–H groups in total. The number of imidazole rings is 1. The SMILES string of the molecule is O=C(c1ccncc1F)N1CCn2cc(Cn3cccn3)nc2C1. The van der Waals surface area contributed by atoms with Crippen molar-refractivity contribution in [2.24, 2.45) is 0 Å². The number of hydrogen-bond donors (Lipinski definition) is 0. The zero-order chi connectivity index (χ0) is 16.5. The minimum Gasteiger partial charge on any atom is -0.331 e. The topological polar surface area (TPSA) is 68.8 Å². The van der Waals surface area contributed by atoms with Gasteiger partial charge in [0.1, 0.15) is 5.82 Å². The van der Waals surface area contributed by atoms with Crippen molar-refractivity contribution in [1.82, 2.24) is 29.2 Å². The third-order valence-corrected chi connectivity index (χ3v) is 4.03. The van der Waals surface area contributed by atoms with E-state index in [-0.39, 0.29) is 11.5 Å². The lowest BCUT2D eigenvalue weighted by Crippen LogP contribution is -2.38. The van der Waals surface area contributed by atoms with E-state index >= 15 is 0 Å². The third kappa shape index (κ3) is 2.66. The van der Waals surface area contributed by atoms with Gasteiger partial charge in [0.25, 0.3) is 5.91 Å². The Bertz CT molecular complexity index is 873. The lowest BCUT2D eigenvalue weighted by molar-refractivity contribution is 0.0702. The zero-order valence-corrected chi connectivity index (χ0v) is 12.8. The first-order valence-electron chi connectivity index (χ1n) is 7.62. The fourth-order valence-electron chi connectivity index (χ4n) is 2.84. The van der Waals surface area contributed by atoms with Crippen LogP contribution in [0.15, 0.2) is 43.1 Å². The largest absolute Gasteiger partial charge is 0.331 e. The molecule has 0 radical (unpaired) electrons. The van der Waals surface area contributed by atoms with Crippen LogP contribution < -0.4 is 0 Å². The first kappa shape index (κ1) is 14.6. The molecule has 24 heavy (non-hydrogen) atoms. The van der Waals surface area contributed by atoms with Crippen LogP contribution in [-0.2, 0) is 19.6 Å². The van der Waals surface area contributed by atoms with Gasteiger partial charge in [-0.05, 0) is 12.1 Å². The molecule has 3 aromatic rings. The van der Waals surface area contributed by atoms with E-state index in [9.17, 15) is 9.18 Å². The van der Waals surface area contributed by atoms with E-state index in [0.717, 1.165) is 17.7 Å². The predicted molar refractivity (Wildman–Crippen MR) is 82.5 cm³/mol. The highest BCUT2D eigenvalue weighted by Crippen LogP contribution is 2.17. The van der Waals surface area contributed by atoms with Crippen molar-refractivity contribution < 1.29 is 9.18 Å². The molecule has 4 heterocycles. The second-order valence-electron chi connectivity index (χ2n) is 5.63. The Balaban J connectivity index is 1.52. The van der Waals surface area contributed by atoms with Gasteiger partial charge in [-0.25, -0.2) is 9.37 Å². The number of hydrogen-bond acceptors (Lipinski definition) is 4. The number of halogens is 1. The summed E-state index contributed by atoms with van der Waals surface area (Å²) >= 11 is 0. The minimum atomic E-state index is -0.601. The molecule has 1 aliphatic rings. The molecule has 7 nitrogen and oxygen atoms in total. The van der Waals surface area contributed by atoms with Crippen molar-refractivity contribution in [2.75, 3.05) is 6.54 Å². The molecule has 0 aliphatic carbocycles. The molecular formula is C16H15FN6O. The van der Waals surface area contributed by atoms with E-state index in [0.29, 0.717) is 26.2 Å². The summed E-state index contributed by atoms with van der Waals surface area (Å²) in [7, 11) is 0. The maximum atomic E-state index is 13.8. The van der Waals surface area contributed by atoms with E-state index < -0.39 is 5.82 Å². The van der Waals surface area contributed by atoms with E-state index in [1.807, 2.05) is 23.0 Å². The van der Waals surface area contributed by atoms with Crippen LogP contribution in [0.4, 0.5) is 4.39 Å².